The summed E-state index contributed by atoms with van der Waals surface area (Å²) >= 11 is 0. The van der Waals surface area contributed by atoms with Crippen molar-refractivity contribution in [3.05, 3.63) is 75.8 Å². The SMILES string of the molecule is Nc1nc2ccc([N+](=O)[O-])cc2cc1C(=O)c1ccccc1. The lowest BCUT2D eigenvalue weighted by atomic mass is 10.0. The quantitative estimate of drug-likeness (QED) is 0.454. The topological polar surface area (TPSA) is 99.1 Å². The Labute approximate surface area is 125 Å². The van der Waals surface area contributed by atoms with Gasteiger partial charge >= 0.3 is 0 Å². The number of carbonyl (C=O) groups excluding carboxylic acids is 1. The van der Waals surface area contributed by atoms with Gasteiger partial charge in [-0.3, -0.25) is 14.9 Å². The Hall–Kier alpha value is -3.28. The van der Waals surface area contributed by atoms with E-state index in [9.17, 15) is 14.9 Å². The summed E-state index contributed by atoms with van der Waals surface area (Å²) in [5, 5.41) is 11.3. The van der Waals surface area contributed by atoms with E-state index in [2.05, 4.69) is 4.98 Å². The highest BCUT2D eigenvalue weighted by Crippen LogP contribution is 2.24. The van der Waals surface area contributed by atoms with Crippen molar-refractivity contribution in [1.82, 2.24) is 4.98 Å². The Morgan fingerprint density at radius 1 is 1.09 bits per heavy atom. The van der Waals surface area contributed by atoms with Crippen LogP contribution in [-0.2, 0) is 0 Å². The molecule has 3 rings (SSSR count). The van der Waals surface area contributed by atoms with E-state index in [0.29, 0.717) is 16.5 Å². The summed E-state index contributed by atoms with van der Waals surface area (Å²) < 4.78 is 0. The van der Waals surface area contributed by atoms with Crippen LogP contribution in [-0.4, -0.2) is 15.7 Å². The zero-order valence-corrected chi connectivity index (χ0v) is 11.4. The van der Waals surface area contributed by atoms with Gasteiger partial charge in [0.05, 0.1) is 16.0 Å². The zero-order chi connectivity index (χ0) is 15.7. The standard InChI is InChI=1S/C16H11N3O3/c17-16-13(15(20)10-4-2-1-3-5-10)9-11-8-12(19(21)22)6-7-14(11)18-16/h1-9H,(H2,17,18). The highest BCUT2D eigenvalue weighted by atomic mass is 16.6. The predicted octanol–water partition coefficient (Wildman–Crippen LogP) is 2.96. The number of pyridine rings is 1. The fourth-order valence-electron chi connectivity index (χ4n) is 2.22. The molecule has 0 atom stereocenters. The number of benzene rings is 2. The molecule has 0 unspecified atom stereocenters. The van der Waals surface area contributed by atoms with Crippen molar-refractivity contribution in [2.45, 2.75) is 0 Å². The normalized spacial score (nSPS) is 10.5. The molecule has 1 heterocycles. The molecule has 0 aliphatic heterocycles. The van der Waals surface area contributed by atoms with E-state index in [4.69, 9.17) is 5.73 Å². The molecule has 22 heavy (non-hydrogen) atoms. The van der Waals surface area contributed by atoms with Gasteiger partial charge in [0.15, 0.2) is 5.78 Å². The minimum absolute atomic E-state index is 0.0582. The number of aromatic nitrogens is 1. The van der Waals surface area contributed by atoms with Crippen LogP contribution in [0.1, 0.15) is 15.9 Å². The number of nitrogens with two attached hydrogens (primary N) is 1. The summed E-state index contributed by atoms with van der Waals surface area (Å²) in [4.78, 5) is 27.0. The molecule has 3 aromatic rings. The Bertz CT molecular complexity index is 892. The lowest BCUT2D eigenvalue weighted by Crippen LogP contribution is -2.07. The van der Waals surface area contributed by atoms with E-state index in [1.807, 2.05) is 6.07 Å². The third-order valence-electron chi connectivity index (χ3n) is 3.32. The lowest BCUT2D eigenvalue weighted by molar-refractivity contribution is -0.384. The van der Waals surface area contributed by atoms with Gasteiger partial charge < -0.3 is 5.73 Å². The molecule has 108 valence electrons. The molecule has 0 saturated heterocycles. The molecular formula is C16H11N3O3. The van der Waals surface area contributed by atoms with E-state index >= 15 is 0 Å². The molecule has 0 fully saturated rings. The average molecular weight is 293 g/mol. The third kappa shape index (κ3) is 2.37. The fourth-order valence-corrected chi connectivity index (χ4v) is 2.22. The third-order valence-corrected chi connectivity index (χ3v) is 3.32. The number of non-ortho nitro benzene ring substituents is 1. The van der Waals surface area contributed by atoms with Crippen LogP contribution in [0.25, 0.3) is 10.9 Å². The number of carbonyl (C=O) groups is 1. The number of ketones is 1. The van der Waals surface area contributed by atoms with Crippen molar-refractivity contribution >= 4 is 28.2 Å². The minimum atomic E-state index is -0.492. The van der Waals surface area contributed by atoms with Gasteiger partial charge in [-0.1, -0.05) is 30.3 Å². The fraction of sp³-hybridized carbons (Fsp3) is 0. The number of nitro benzene ring substituents is 1. The second-order valence-corrected chi connectivity index (χ2v) is 4.75. The first kappa shape index (κ1) is 13.7. The Balaban J connectivity index is 2.15. The first-order chi connectivity index (χ1) is 10.6. The Morgan fingerprint density at radius 2 is 1.82 bits per heavy atom. The van der Waals surface area contributed by atoms with Gasteiger partial charge in [-0.05, 0) is 12.1 Å². The van der Waals surface area contributed by atoms with Gasteiger partial charge in [-0.25, -0.2) is 4.98 Å². The largest absolute Gasteiger partial charge is 0.383 e. The van der Waals surface area contributed by atoms with Crippen LogP contribution in [0.2, 0.25) is 0 Å². The lowest BCUT2D eigenvalue weighted by Gasteiger charge is -2.06. The molecule has 0 amide bonds. The first-order valence-corrected chi connectivity index (χ1v) is 6.50. The number of nitrogens with zero attached hydrogens (tertiary/aromatic N) is 2. The maximum absolute atomic E-state index is 12.5. The van der Waals surface area contributed by atoms with Gasteiger partial charge in [-0.2, -0.15) is 0 Å². The van der Waals surface area contributed by atoms with E-state index in [1.54, 1.807) is 30.3 Å². The van der Waals surface area contributed by atoms with E-state index in [0.717, 1.165) is 0 Å². The van der Waals surface area contributed by atoms with Gasteiger partial charge in [0.25, 0.3) is 5.69 Å². The van der Waals surface area contributed by atoms with E-state index in [1.165, 1.54) is 18.2 Å². The number of nitro groups is 1. The maximum atomic E-state index is 12.5. The van der Waals surface area contributed by atoms with Crippen molar-refractivity contribution in [1.29, 1.82) is 0 Å². The molecule has 2 N–H and O–H groups in total. The zero-order valence-electron chi connectivity index (χ0n) is 11.4. The number of rotatable bonds is 3. The van der Waals surface area contributed by atoms with Crippen LogP contribution >= 0.6 is 0 Å². The summed E-state index contributed by atoms with van der Waals surface area (Å²) in [6.45, 7) is 0. The molecule has 2 aromatic carbocycles. The monoisotopic (exact) mass is 293 g/mol. The molecule has 0 aliphatic rings. The van der Waals surface area contributed by atoms with Crippen LogP contribution in [0.15, 0.2) is 54.6 Å². The number of hydrogen-bond donors (Lipinski definition) is 1. The first-order valence-electron chi connectivity index (χ1n) is 6.50. The molecule has 6 heteroatoms. The van der Waals surface area contributed by atoms with Crippen molar-refractivity contribution in [3.63, 3.8) is 0 Å². The van der Waals surface area contributed by atoms with Gasteiger partial charge in [0.1, 0.15) is 5.82 Å². The molecule has 0 saturated carbocycles. The number of fused-ring (bicyclic) bond motifs is 1. The molecule has 0 radical (unpaired) electrons. The number of hydrogen-bond acceptors (Lipinski definition) is 5. The highest BCUT2D eigenvalue weighted by Gasteiger charge is 2.15. The Morgan fingerprint density at radius 3 is 2.50 bits per heavy atom. The summed E-state index contributed by atoms with van der Waals surface area (Å²) in [7, 11) is 0. The highest BCUT2D eigenvalue weighted by molar-refractivity contribution is 6.13. The molecule has 0 spiro atoms. The van der Waals surface area contributed by atoms with Crippen LogP contribution in [0.4, 0.5) is 11.5 Å². The van der Waals surface area contributed by atoms with Gasteiger partial charge in [-0.15, -0.1) is 0 Å². The summed E-state index contributed by atoms with van der Waals surface area (Å²) in [5.74, 6) is -0.158. The van der Waals surface area contributed by atoms with E-state index in [-0.39, 0.29) is 22.9 Å². The van der Waals surface area contributed by atoms with Crippen molar-refractivity contribution in [3.8, 4) is 0 Å². The summed E-state index contributed by atoms with van der Waals surface area (Å²) in [6, 6.07) is 14.5. The smallest absolute Gasteiger partial charge is 0.270 e. The molecule has 6 nitrogen and oxygen atoms in total. The molecule has 0 aliphatic carbocycles. The van der Waals surface area contributed by atoms with E-state index < -0.39 is 4.92 Å². The predicted molar refractivity (Wildman–Crippen MR) is 82.7 cm³/mol. The van der Waals surface area contributed by atoms with Crippen LogP contribution in [0, 0.1) is 10.1 Å². The van der Waals surface area contributed by atoms with Crippen molar-refractivity contribution < 1.29 is 9.72 Å². The molecule has 0 bridgehead atoms. The molecule has 1 aromatic heterocycles. The average Bonchev–Trinajstić information content (AvgIpc) is 2.54. The summed E-state index contributed by atoms with van der Waals surface area (Å²) in [5.41, 5.74) is 7.03. The van der Waals surface area contributed by atoms with Gasteiger partial charge in [0.2, 0.25) is 0 Å². The second kappa shape index (κ2) is 5.25. The van der Waals surface area contributed by atoms with Gasteiger partial charge in [0, 0.05) is 23.1 Å². The number of anilines is 1. The maximum Gasteiger partial charge on any atom is 0.270 e. The second-order valence-electron chi connectivity index (χ2n) is 4.75. The molecular weight excluding hydrogens is 282 g/mol. The Kier molecular flexibility index (Phi) is 3.27. The minimum Gasteiger partial charge on any atom is -0.383 e. The summed E-state index contributed by atoms with van der Waals surface area (Å²) in [6.07, 6.45) is 0. The van der Waals surface area contributed by atoms with Crippen LogP contribution in [0.3, 0.4) is 0 Å². The van der Waals surface area contributed by atoms with Crippen molar-refractivity contribution in [2.24, 2.45) is 0 Å². The van der Waals surface area contributed by atoms with Crippen LogP contribution < -0.4 is 5.73 Å². The van der Waals surface area contributed by atoms with Crippen molar-refractivity contribution in [2.75, 3.05) is 5.73 Å². The van der Waals surface area contributed by atoms with Crippen LogP contribution in [0.5, 0.6) is 0 Å². The number of nitrogen functional groups attached to an aromatic ring is 1.